The summed E-state index contributed by atoms with van der Waals surface area (Å²) in [5.41, 5.74) is 1.39. The minimum absolute atomic E-state index is 0.326. The smallest absolute Gasteiger partial charge is 0.233 e. The molecule has 0 aliphatic carbocycles. The van der Waals surface area contributed by atoms with E-state index in [4.69, 9.17) is 11.6 Å². The van der Waals surface area contributed by atoms with E-state index in [1.54, 1.807) is 24.3 Å². The van der Waals surface area contributed by atoms with Crippen LogP contribution in [0.3, 0.4) is 0 Å². The van der Waals surface area contributed by atoms with Crippen LogP contribution >= 0.6 is 11.6 Å². The molecule has 6 nitrogen and oxygen atoms in total. The summed E-state index contributed by atoms with van der Waals surface area (Å²) in [6.45, 7) is 1.81. The third-order valence-electron chi connectivity index (χ3n) is 4.19. The van der Waals surface area contributed by atoms with Crippen LogP contribution in [-0.4, -0.2) is 28.0 Å². The van der Waals surface area contributed by atoms with Gasteiger partial charge in [-0.05, 0) is 55.3 Å². The van der Waals surface area contributed by atoms with Gasteiger partial charge in [0.25, 0.3) is 0 Å². The summed E-state index contributed by atoms with van der Waals surface area (Å²) in [6, 6.07) is 13.5. The van der Waals surface area contributed by atoms with Gasteiger partial charge in [-0.25, -0.2) is 4.39 Å². The molecule has 2 N–H and O–H groups in total. The molecule has 1 aromatic heterocycles. The van der Waals surface area contributed by atoms with E-state index in [1.165, 1.54) is 12.1 Å². The number of halogens is 2. The second kappa shape index (κ2) is 7.75. The van der Waals surface area contributed by atoms with Crippen LogP contribution in [0, 0.1) is 5.82 Å². The van der Waals surface area contributed by atoms with E-state index in [0.29, 0.717) is 28.6 Å². The molecular formula is C19H18ClFN6. The lowest BCUT2D eigenvalue weighted by Crippen LogP contribution is -2.21. The Balaban J connectivity index is 1.64. The number of hydrogen-bond donors (Lipinski definition) is 2. The maximum Gasteiger partial charge on any atom is 0.233 e. The third-order valence-corrected chi connectivity index (χ3v) is 4.45. The Morgan fingerprint density at radius 2 is 1.52 bits per heavy atom. The van der Waals surface area contributed by atoms with E-state index in [1.807, 2.05) is 12.1 Å². The normalized spacial score (nSPS) is 13.6. The van der Waals surface area contributed by atoms with Gasteiger partial charge in [-0.15, -0.1) is 0 Å². The topological polar surface area (TPSA) is 66.0 Å². The maximum absolute atomic E-state index is 13.5. The Morgan fingerprint density at radius 1 is 0.852 bits per heavy atom. The van der Waals surface area contributed by atoms with Crippen LogP contribution in [0.25, 0.3) is 0 Å². The maximum atomic E-state index is 13.5. The Hall–Kier alpha value is -2.93. The molecule has 8 heteroatoms. The molecule has 138 valence electrons. The molecule has 3 aromatic rings. The first kappa shape index (κ1) is 17.5. The molecule has 1 aliphatic heterocycles. The molecule has 0 saturated carbocycles. The van der Waals surface area contributed by atoms with Gasteiger partial charge in [0.15, 0.2) is 0 Å². The van der Waals surface area contributed by atoms with Crippen LogP contribution in [0.1, 0.15) is 12.8 Å². The molecule has 1 aliphatic rings. The van der Waals surface area contributed by atoms with Crippen molar-refractivity contribution in [2.75, 3.05) is 28.6 Å². The monoisotopic (exact) mass is 384 g/mol. The van der Waals surface area contributed by atoms with Crippen molar-refractivity contribution in [2.45, 2.75) is 12.8 Å². The van der Waals surface area contributed by atoms with Crippen molar-refractivity contribution < 1.29 is 4.39 Å². The van der Waals surface area contributed by atoms with Gasteiger partial charge in [-0.2, -0.15) is 15.0 Å². The lowest BCUT2D eigenvalue weighted by Gasteiger charge is -2.17. The number of aromatic nitrogens is 3. The van der Waals surface area contributed by atoms with E-state index in [0.717, 1.165) is 31.6 Å². The molecule has 2 aromatic carbocycles. The summed E-state index contributed by atoms with van der Waals surface area (Å²) in [7, 11) is 0. The molecular weight excluding hydrogens is 367 g/mol. The summed E-state index contributed by atoms with van der Waals surface area (Å²) >= 11 is 5.94. The zero-order chi connectivity index (χ0) is 18.6. The van der Waals surface area contributed by atoms with Gasteiger partial charge < -0.3 is 15.5 Å². The first-order chi connectivity index (χ1) is 13.2. The number of nitrogens with one attached hydrogen (secondary N) is 2. The third kappa shape index (κ3) is 4.43. The summed E-state index contributed by atoms with van der Waals surface area (Å²) in [6.07, 6.45) is 2.22. The van der Waals surface area contributed by atoms with E-state index >= 15 is 0 Å². The van der Waals surface area contributed by atoms with Gasteiger partial charge in [-0.3, -0.25) is 0 Å². The van der Waals surface area contributed by atoms with Crippen molar-refractivity contribution in [3.63, 3.8) is 0 Å². The Morgan fingerprint density at radius 3 is 2.19 bits per heavy atom. The van der Waals surface area contributed by atoms with Gasteiger partial charge in [-0.1, -0.05) is 17.7 Å². The Labute approximate surface area is 161 Å². The molecule has 0 atom stereocenters. The van der Waals surface area contributed by atoms with Crippen LogP contribution in [0.2, 0.25) is 5.02 Å². The van der Waals surface area contributed by atoms with E-state index in [9.17, 15) is 4.39 Å². The quantitative estimate of drug-likeness (QED) is 0.661. The van der Waals surface area contributed by atoms with Gasteiger partial charge in [0, 0.05) is 29.5 Å². The molecule has 0 amide bonds. The first-order valence-corrected chi connectivity index (χ1v) is 9.10. The fourth-order valence-electron chi connectivity index (χ4n) is 2.89. The van der Waals surface area contributed by atoms with Crippen LogP contribution in [0.4, 0.5) is 33.6 Å². The molecule has 0 radical (unpaired) electrons. The van der Waals surface area contributed by atoms with Crippen molar-refractivity contribution in [1.29, 1.82) is 0 Å². The molecule has 2 heterocycles. The average molecular weight is 385 g/mol. The number of nitrogens with zero attached hydrogens (tertiary/aromatic N) is 4. The molecule has 27 heavy (non-hydrogen) atoms. The summed E-state index contributed by atoms with van der Waals surface area (Å²) in [5.74, 6) is 1.04. The van der Waals surface area contributed by atoms with Gasteiger partial charge >= 0.3 is 0 Å². The Bertz CT molecular complexity index is 928. The zero-order valence-corrected chi connectivity index (χ0v) is 15.2. The fourth-order valence-corrected chi connectivity index (χ4v) is 3.02. The molecule has 1 fully saturated rings. The highest BCUT2D eigenvalue weighted by Gasteiger charge is 2.17. The lowest BCUT2D eigenvalue weighted by molar-refractivity contribution is 0.628. The SMILES string of the molecule is Fc1cccc(Nc2nc(Nc3ccc(Cl)cc3)nc(N3CCCC3)n2)c1. The fraction of sp³-hybridized carbons (Fsp3) is 0.211. The first-order valence-electron chi connectivity index (χ1n) is 8.72. The van der Waals surface area contributed by atoms with Crippen LogP contribution < -0.4 is 15.5 Å². The van der Waals surface area contributed by atoms with Crippen molar-refractivity contribution >= 4 is 40.8 Å². The summed E-state index contributed by atoms with van der Waals surface area (Å²) in [4.78, 5) is 15.6. The minimum atomic E-state index is -0.326. The largest absolute Gasteiger partial charge is 0.341 e. The molecule has 4 rings (SSSR count). The van der Waals surface area contributed by atoms with Gasteiger partial charge in [0.05, 0.1) is 0 Å². The predicted octanol–water partition coefficient (Wildman–Crippen LogP) is 4.75. The highest BCUT2D eigenvalue weighted by atomic mass is 35.5. The summed E-state index contributed by atoms with van der Waals surface area (Å²) in [5, 5.41) is 6.88. The van der Waals surface area contributed by atoms with Crippen LogP contribution in [-0.2, 0) is 0 Å². The predicted molar refractivity (Wildman–Crippen MR) is 106 cm³/mol. The van der Waals surface area contributed by atoms with Crippen molar-refractivity contribution in [3.05, 3.63) is 59.4 Å². The average Bonchev–Trinajstić information content (AvgIpc) is 3.18. The van der Waals surface area contributed by atoms with E-state index < -0.39 is 0 Å². The van der Waals surface area contributed by atoms with Crippen molar-refractivity contribution in [3.8, 4) is 0 Å². The number of anilines is 5. The number of hydrogen-bond acceptors (Lipinski definition) is 6. The second-order valence-corrected chi connectivity index (χ2v) is 6.68. The van der Waals surface area contributed by atoms with E-state index in [2.05, 4.69) is 30.5 Å². The Kier molecular flexibility index (Phi) is 5.02. The number of benzene rings is 2. The lowest BCUT2D eigenvalue weighted by atomic mass is 10.3. The van der Waals surface area contributed by atoms with Gasteiger partial charge in [0.1, 0.15) is 5.82 Å². The van der Waals surface area contributed by atoms with Crippen LogP contribution in [0.15, 0.2) is 48.5 Å². The zero-order valence-electron chi connectivity index (χ0n) is 14.5. The highest BCUT2D eigenvalue weighted by Crippen LogP contribution is 2.23. The molecule has 0 unspecified atom stereocenters. The van der Waals surface area contributed by atoms with Crippen molar-refractivity contribution in [1.82, 2.24) is 15.0 Å². The summed E-state index contributed by atoms with van der Waals surface area (Å²) < 4.78 is 13.5. The molecule has 1 saturated heterocycles. The van der Waals surface area contributed by atoms with E-state index in [-0.39, 0.29) is 5.82 Å². The highest BCUT2D eigenvalue weighted by molar-refractivity contribution is 6.30. The second-order valence-electron chi connectivity index (χ2n) is 6.24. The van der Waals surface area contributed by atoms with Crippen molar-refractivity contribution in [2.24, 2.45) is 0 Å². The van der Waals surface area contributed by atoms with Gasteiger partial charge in [0.2, 0.25) is 17.8 Å². The minimum Gasteiger partial charge on any atom is -0.341 e. The standard InChI is InChI=1S/C19H18ClFN6/c20-13-6-8-15(9-7-13)22-17-24-18(23-16-5-3-4-14(21)12-16)26-19(25-17)27-10-1-2-11-27/h3-9,12H,1-2,10-11H2,(H2,22,23,24,25,26). The molecule has 0 spiro atoms. The van der Waals surface area contributed by atoms with Crippen LogP contribution in [0.5, 0.6) is 0 Å². The molecule has 0 bridgehead atoms. The number of rotatable bonds is 5.